The zero-order valence-electron chi connectivity index (χ0n) is 14.1. The molecular formula is C17H25BFO3. The SMILES string of the molecule is Cc1c([B]OC(C)(C)C(C)(C)O)cc(F)c2c1CCCOC2. The van der Waals surface area contributed by atoms with Gasteiger partial charge >= 0.3 is 7.48 Å². The van der Waals surface area contributed by atoms with Gasteiger partial charge in [0.05, 0.1) is 17.8 Å². The molecule has 121 valence electrons. The summed E-state index contributed by atoms with van der Waals surface area (Å²) in [5.41, 5.74) is 1.65. The summed E-state index contributed by atoms with van der Waals surface area (Å²) in [4.78, 5) is 0. The summed E-state index contributed by atoms with van der Waals surface area (Å²) in [6, 6.07) is 1.49. The highest BCUT2D eigenvalue weighted by atomic mass is 19.1. The Labute approximate surface area is 133 Å². The van der Waals surface area contributed by atoms with Gasteiger partial charge in [0.2, 0.25) is 0 Å². The van der Waals surface area contributed by atoms with Gasteiger partial charge in [-0.05, 0) is 64.6 Å². The Morgan fingerprint density at radius 1 is 1.27 bits per heavy atom. The normalized spacial score (nSPS) is 16.1. The van der Waals surface area contributed by atoms with Crippen molar-refractivity contribution in [2.75, 3.05) is 6.61 Å². The van der Waals surface area contributed by atoms with Crippen LogP contribution in [0, 0.1) is 12.7 Å². The van der Waals surface area contributed by atoms with Gasteiger partial charge in [0.1, 0.15) is 5.82 Å². The Kier molecular flexibility index (Phi) is 5.00. The lowest BCUT2D eigenvalue weighted by molar-refractivity contribution is -0.0893. The highest BCUT2D eigenvalue weighted by molar-refractivity contribution is 6.47. The summed E-state index contributed by atoms with van der Waals surface area (Å²) < 4.78 is 25.5. The topological polar surface area (TPSA) is 38.7 Å². The maximum Gasteiger partial charge on any atom is 0.331 e. The summed E-state index contributed by atoms with van der Waals surface area (Å²) in [5.74, 6) is -0.251. The smallest absolute Gasteiger partial charge is 0.331 e. The molecule has 0 aliphatic carbocycles. The highest BCUT2D eigenvalue weighted by Gasteiger charge is 2.36. The molecule has 0 atom stereocenters. The molecule has 1 aliphatic heterocycles. The van der Waals surface area contributed by atoms with E-state index in [0.717, 1.165) is 29.4 Å². The average molecular weight is 307 g/mol. The Balaban J connectivity index is 2.26. The van der Waals surface area contributed by atoms with E-state index >= 15 is 0 Å². The van der Waals surface area contributed by atoms with Crippen LogP contribution in [0.15, 0.2) is 6.07 Å². The molecule has 22 heavy (non-hydrogen) atoms. The van der Waals surface area contributed by atoms with Crippen LogP contribution in [-0.2, 0) is 22.4 Å². The minimum absolute atomic E-state index is 0.251. The summed E-state index contributed by atoms with van der Waals surface area (Å²) in [5, 5.41) is 10.1. The predicted molar refractivity (Wildman–Crippen MR) is 86.0 cm³/mol. The Morgan fingerprint density at radius 2 is 1.95 bits per heavy atom. The van der Waals surface area contributed by atoms with E-state index in [1.165, 1.54) is 6.07 Å². The van der Waals surface area contributed by atoms with Gasteiger partial charge in [0, 0.05) is 12.2 Å². The number of ether oxygens (including phenoxy) is 1. The van der Waals surface area contributed by atoms with Crippen LogP contribution in [0.4, 0.5) is 4.39 Å². The summed E-state index contributed by atoms with van der Waals surface area (Å²) >= 11 is 0. The number of benzene rings is 1. The van der Waals surface area contributed by atoms with Crippen molar-refractivity contribution >= 4 is 12.9 Å². The van der Waals surface area contributed by atoms with Gasteiger partial charge in [-0.1, -0.05) is 5.56 Å². The number of hydrogen-bond donors (Lipinski definition) is 1. The maximum atomic E-state index is 14.3. The van der Waals surface area contributed by atoms with Crippen molar-refractivity contribution in [1.29, 1.82) is 0 Å². The van der Waals surface area contributed by atoms with Crippen molar-refractivity contribution < 1.29 is 18.9 Å². The van der Waals surface area contributed by atoms with Gasteiger partial charge in [-0.25, -0.2) is 4.39 Å². The lowest BCUT2D eigenvalue weighted by Crippen LogP contribution is -2.49. The Bertz CT molecular complexity index is 550. The van der Waals surface area contributed by atoms with E-state index in [1.54, 1.807) is 21.3 Å². The standard InChI is InChI=1S/C17H25BFO3/c1-11-12-7-6-8-21-10-13(12)15(19)9-14(11)18-22-17(4,5)16(2,3)20/h9,20H,6-8,10H2,1-5H3. The van der Waals surface area contributed by atoms with Gasteiger partial charge in [0.25, 0.3) is 0 Å². The maximum absolute atomic E-state index is 14.3. The quantitative estimate of drug-likeness (QED) is 0.868. The monoisotopic (exact) mass is 307 g/mol. The van der Waals surface area contributed by atoms with Crippen molar-refractivity contribution in [3.63, 3.8) is 0 Å². The molecular weight excluding hydrogens is 282 g/mol. The molecule has 1 radical (unpaired) electrons. The van der Waals surface area contributed by atoms with Crippen LogP contribution in [-0.4, -0.2) is 30.4 Å². The molecule has 1 heterocycles. The molecule has 0 unspecified atom stereocenters. The number of hydrogen-bond acceptors (Lipinski definition) is 3. The molecule has 0 bridgehead atoms. The summed E-state index contributed by atoms with van der Waals surface area (Å²) in [6.07, 6.45) is 1.71. The number of aliphatic hydroxyl groups is 1. The lowest BCUT2D eigenvalue weighted by Gasteiger charge is -2.37. The van der Waals surface area contributed by atoms with Crippen LogP contribution in [0.2, 0.25) is 0 Å². The van der Waals surface area contributed by atoms with E-state index in [1.807, 2.05) is 20.8 Å². The zero-order chi connectivity index (χ0) is 16.5. The van der Waals surface area contributed by atoms with E-state index in [4.69, 9.17) is 9.39 Å². The predicted octanol–water partition coefficient (Wildman–Crippen LogP) is 2.41. The van der Waals surface area contributed by atoms with Gasteiger partial charge in [-0.15, -0.1) is 0 Å². The molecule has 0 saturated heterocycles. The fourth-order valence-corrected chi connectivity index (χ4v) is 2.37. The third-order valence-corrected chi connectivity index (χ3v) is 4.74. The van der Waals surface area contributed by atoms with E-state index in [0.29, 0.717) is 18.8 Å². The highest BCUT2D eigenvalue weighted by Crippen LogP contribution is 2.26. The third-order valence-electron chi connectivity index (χ3n) is 4.74. The van der Waals surface area contributed by atoms with Crippen LogP contribution in [0.3, 0.4) is 0 Å². The average Bonchev–Trinajstić information content (AvgIpc) is 2.66. The van der Waals surface area contributed by atoms with Crippen molar-refractivity contribution in [2.45, 2.75) is 65.3 Å². The molecule has 1 aromatic carbocycles. The first-order valence-corrected chi connectivity index (χ1v) is 7.75. The van der Waals surface area contributed by atoms with Crippen molar-refractivity contribution in [1.82, 2.24) is 0 Å². The first-order valence-electron chi connectivity index (χ1n) is 7.75. The molecule has 1 N–H and O–H groups in total. The zero-order valence-corrected chi connectivity index (χ0v) is 14.1. The van der Waals surface area contributed by atoms with Crippen LogP contribution in [0.5, 0.6) is 0 Å². The Morgan fingerprint density at radius 3 is 2.59 bits per heavy atom. The fraction of sp³-hybridized carbons (Fsp3) is 0.647. The molecule has 0 aromatic heterocycles. The number of fused-ring (bicyclic) bond motifs is 1. The van der Waals surface area contributed by atoms with Crippen LogP contribution in [0.1, 0.15) is 50.8 Å². The molecule has 1 aromatic rings. The summed E-state index contributed by atoms with van der Waals surface area (Å²) in [6.45, 7) is 9.99. The lowest BCUT2D eigenvalue weighted by atomic mass is 9.78. The van der Waals surface area contributed by atoms with Gasteiger partial charge in [0.15, 0.2) is 0 Å². The van der Waals surface area contributed by atoms with E-state index in [-0.39, 0.29) is 5.82 Å². The van der Waals surface area contributed by atoms with Crippen LogP contribution in [0.25, 0.3) is 0 Å². The largest absolute Gasteiger partial charge is 0.427 e. The van der Waals surface area contributed by atoms with E-state index in [2.05, 4.69) is 0 Å². The first kappa shape index (κ1) is 17.4. The second kappa shape index (κ2) is 6.30. The molecule has 0 amide bonds. The Hall–Kier alpha value is -0.905. The van der Waals surface area contributed by atoms with Gasteiger partial charge in [-0.3, -0.25) is 0 Å². The fourth-order valence-electron chi connectivity index (χ4n) is 2.37. The van der Waals surface area contributed by atoms with Crippen molar-refractivity contribution in [2.24, 2.45) is 0 Å². The van der Waals surface area contributed by atoms with Crippen molar-refractivity contribution in [3.05, 3.63) is 28.6 Å². The van der Waals surface area contributed by atoms with Crippen molar-refractivity contribution in [3.8, 4) is 0 Å². The molecule has 2 rings (SSSR count). The van der Waals surface area contributed by atoms with Gasteiger partial charge in [-0.2, -0.15) is 0 Å². The van der Waals surface area contributed by atoms with Gasteiger partial charge < -0.3 is 14.5 Å². The summed E-state index contributed by atoms with van der Waals surface area (Å²) in [7, 11) is 1.56. The van der Waals surface area contributed by atoms with Crippen LogP contribution < -0.4 is 5.46 Å². The van der Waals surface area contributed by atoms with E-state index < -0.39 is 11.2 Å². The molecule has 5 heteroatoms. The number of halogens is 1. The third kappa shape index (κ3) is 3.53. The first-order chi connectivity index (χ1) is 10.1. The van der Waals surface area contributed by atoms with E-state index in [9.17, 15) is 9.50 Å². The molecule has 0 saturated carbocycles. The van der Waals surface area contributed by atoms with Crippen LogP contribution >= 0.6 is 0 Å². The second-order valence-corrected chi connectivity index (χ2v) is 6.99. The molecule has 1 aliphatic rings. The molecule has 0 fully saturated rings. The minimum atomic E-state index is -1.00. The molecule has 0 spiro atoms. The number of rotatable bonds is 4. The molecule has 3 nitrogen and oxygen atoms in total. The second-order valence-electron chi connectivity index (χ2n) is 6.99. The minimum Gasteiger partial charge on any atom is -0.427 e.